The third-order valence-electron chi connectivity index (χ3n) is 4.76. The maximum Gasteiger partial charge on any atom is 0.257 e. The molecule has 3 aromatic carbocycles. The molecule has 4 rings (SSSR count). The first-order valence-corrected chi connectivity index (χ1v) is 12.8. The Balaban J connectivity index is 1.28. The van der Waals surface area contributed by atoms with Crippen molar-refractivity contribution in [3.05, 3.63) is 93.3 Å². The summed E-state index contributed by atoms with van der Waals surface area (Å²) >= 11 is 14.8. The summed E-state index contributed by atoms with van der Waals surface area (Å²) in [6.45, 7) is 2.04. The lowest BCUT2D eigenvalue weighted by atomic mass is 10.1. The summed E-state index contributed by atoms with van der Waals surface area (Å²) in [5, 5.41) is 8.90. The molecule has 0 atom stereocenters. The number of carbonyl (C=O) groups excluding carboxylic acids is 2. The molecular weight excluding hydrogens is 509 g/mol. The molecular formula is C25H19Cl2N3O2S2. The smallest absolute Gasteiger partial charge is 0.257 e. The van der Waals surface area contributed by atoms with Crippen LogP contribution in [0.2, 0.25) is 10.0 Å². The van der Waals surface area contributed by atoms with Crippen LogP contribution in [-0.2, 0) is 4.79 Å². The number of hydrogen-bond donors (Lipinski definition) is 2. The zero-order chi connectivity index (χ0) is 24.1. The molecule has 1 aromatic heterocycles. The Hall–Kier alpha value is -2.84. The van der Waals surface area contributed by atoms with Crippen molar-refractivity contribution in [1.29, 1.82) is 0 Å². The number of aryl methyl sites for hydroxylation is 1. The molecule has 1 heterocycles. The molecule has 0 aliphatic heterocycles. The van der Waals surface area contributed by atoms with Crippen LogP contribution in [0.3, 0.4) is 0 Å². The van der Waals surface area contributed by atoms with E-state index in [0.29, 0.717) is 21.4 Å². The highest BCUT2D eigenvalue weighted by Gasteiger charge is 2.12. The fourth-order valence-electron chi connectivity index (χ4n) is 3.00. The van der Waals surface area contributed by atoms with Crippen molar-refractivity contribution in [2.24, 2.45) is 0 Å². The van der Waals surface area contributed by atoms with Crippen LogP contribution >= 0.6 is 46.3 Å². The van der Waals surface area contributed by atoms with Crippen LogP contribution < -0.4 is 10.6 Å². The van der Waals surface area contributed by atoms with E-state index in [1.54, 1.807) is 24.3 Å². The van der Waals surface area contributed by atoms with E-state index in [9.17, 15) is 9.59 Å². The topological polar surface area (TPSA) is 71.1 Å². The molecule has 5 nitrogen and oxygen atoms in total. The minimum atomic E-state index is -0.324. The largest absolute Gasteiger partial charge is 0.322 e. The molecule has 9 heteroatoms. The molecule has 4 aromatic rings. The highest BCUT2D eigenvalue weighted by Crippen LogP contribution is 2.26. The average Bonchev–Trinajstić information content (AvgIpc) is 3.27. The lowest BCUT2D eigenvalue weighted by Gasteiger charge is -2.08. The van der Waals surface area contributed by atoms with Crippen molar-refractivity contribution in [2.45, 2.75) is 11.8 Å². The van der Waals surface area contributed by atoms with Crippen molar-refractivity contribution in [1.82, 2.24) is 4.98 Å². The highest BCUT2D eigenvalue weighted by molar-refractivity contribution is 8.00. The maximum absolute atomic E-state index is 12.4. The Labute approximate surface area is 215 Å². The monoisotopic (exact) mass is 527 g/mol. The molecule has 0 unspecified atom stereocenters. The number of halogens is 2. The Morgan fingerprint density at radius 1 is 0.971 bits per heavy atom. The predicted molar refractivity (Wildman–Crippen MR) is 142 cm³/mol. The summed E-state index contributed by atoms with van der Waals surface area (Å²) in [4.78, 5) is 30.2. The van der Waals surface area contributed by atoms with Gasteiger partial charge in [0.25, 0.3) is 5.91 Å². The van der Waals surface area contributed by atoms with Gasteiger partial charge < -0.3 is 10.6 Å². The number of anilines is 2. The van der Waals surface area contributed by atoms with Crippen LogP contribution in [0.25, 0.3) is 11.3 Å². The first-order valence-electron chi connectivity index (χ1n) is 10.2. The average molecular weight is 528 g/mol. The van der Waals surface area contributed by atoms with Crippen molar-refractivity contribution < 1.29 is 9.59 Å². The molecule has 0 bridgehead atoms. The second-order valence-corrected chi connectivity index (χ2v) is 10.1. The van der Waals surface area contributed by atoms with Gasteiger partial charge in [0.1, 0.15) is 0 Å². The number of carbonyl (C=O) groups is 2. The first kappa shape index (κ1) is 24.3. The van der Waals surface area contributed by atoms with Crippen molar-refractivity contribution in [3.8, 4) is 11.3 Å². The maximum atomic E-state index is 12.4. The van der Waals surface area contributed by atoms with E-state index in [4.69, 9.17) is 23.2 Å². The summed E-state index contributed by atoms with van der Waals surface area (Å²) in [5.41, 5.74) is 4.00. The van der Waals surface area contributed by atoms with Gasteiger partial charge in [-0.15, -0.1) is 23.1 Å². The van der Waals surface area contributed by atoms with E-state index in [1.807, 2.05) is 48.7 Å². The quantitative estimate of drug-likeness (QED) is 0.245. The first-order chi connectivity index (χ1) is 16.4. The Morgan fingerprint density at radius 3 is 2.41 bits per heavy atom. The SMILES string of the molecule is Cc1ccc(-c2csc(NC(=O)CSc3ccc(NC(=O)c4ccc(Cl)cc4Cl)cc3)n2)cc1. The summed E-state index contributed by atoms with van der Waals surface area (Å²) < 4.78 is 0. The van der Waals surface area contributed by atoms with Crippen LogP contribution in [0.4, 0.5) is 10.8 Å². The summed E-state index contributed by atoms with van der Waals surface area (Å²) in [5.74, 6) is -0.217. The van der Waals surface area contributed by atoms with Crippen LogP contribution in [-0.4, -0.2) is 22.6 Å². The van der Waals surface area contributed by atoms with Gasteiger partial charge in [0, 0.05) is 26.5 Å². The van der Waals surface area contributed by atoms with E-state index in [0.717, 1.165) is 16.2 Å². The van der Waals surface area contributed by atoms with Gasteiger partial charge in [-0.05, 0) is 49.4 Å². The van der Waals surface area contributed by atoms with Gasteiger partial charge in [0.2, 0.25) is 5.91 Å². The Morgan fingerprint density at radius 2 is 1.71 bits per heavy atom. The third-order valence-corrected chi connectivity index (χ3v) is 7.07. The second-order valence-electron chi connectivity index (χ2n) is 7.34. The molecule has 0 fully saturated rings. The Bertz CT molecular complexity index is 1320. The molecule has 172 valence electrons. The van der Waals surface area contributed by atoms with Crippen LogP contribution in [0.1, 0.15) is 15.9 Å². The number of aromatic nitrogens is 1. The third kappa shape index (κ3) is 6.39. The van der Waals surface area contributed by atoms with Crippen LogP contribution in [0.15, 0.2) is 77.0 Å². The van der Waals surface area contributed by atoms with Gasteiger partial charge in [-0.3, -0.25) is 9.59 Å². The van der Waals surface area contributed by atoms with Gasteiger partial charge in [0.05, 0.1) is 22.0 Å². The predicted octanol–water partition coefficient (Wildman–Crippen LogP) is 7.41. The van der Waals surface area contributed by atoms with E-state index < -0.39 is 0 Å². The number of benzene rings is 3. The molecule has 0 aliphatic rings. The van der Waals surface area contributed by atoms with E-state index >= 15 is 0 Å². The standard InChI is InChI=1S/C25H19Cl2N3O2S2/c1-15-2-4-16(5-3-15)22-13-34-25(29-22)30-23(31)14-33-19-9-7-18(8-10-19)28-24(32)20-11-6-17(26)12-21(20)27/h2-13H,14H2,1H3,(H,28,32)(H,29,30,31). The minimum absolute atomic E-state index is 0.135. The molecule has 2 N–H and O–H groups in total. The van der Waals surface area contributed by atoms with E-state index in [1.165, 1.54) is 34.7 Å². The number of thioether (sulfide) groups is 1. The summed E-state index contributed by atoms with van der Waals surface area (Å²) in [6, 6.07) is 20.1. The number of nitrogens with zero attached hydrogens (tertiary/aromatic N) is 1. The lowest BCUT2D eigenvalue weighted by molar-refractivity contribution is -0.113. The zero-order valence-electron chi connectivity index (χ0n) is 18.0. The Kier molecular flexibility index (Phi) is 7.90. The molecule has 0 aliphatic carbocycles. The molecule has 2 amide bonds. The summed E-state index contributed by atoms with van der Waals surface area (Å²) in [6.07, 6.45) is 0. The number of hydrogen-bond acceptors (Lipinski definition) is 5. The summed E-state index contributed by atoms with van der Waals surface area (Å²) in [7, 11) is 0. The van der Waals surface area contributed by atoms with Gasteiger partial charge in [-0.25, -0.2) is 4.98 Å². The van der Waals surface area contributed by atoms with Gasteiger partial charge in [-0.2, -0.15) is 0 Å². The number of thiazole rings is 1. The molecule has 0 radical (unpaired) electrons. The van der Waals surface area contributed by atoms with Crippen LogP contribution in [0, 0.1) is 6.92 Å². The fourth-order valence-corrected chi connectivity index (χ4v) is 4.93. The molecule has 0 saturated heterocycles. The van der Waals surface area contributed by atoms with E-state index in [-0.39, 0.29) is 22.6 Å². The minimum Gasteiger partial charge on any atom is -0.322 e. The molecule has 0 saturated carbocycles. The van der Waals surface area contributed by atoms with Crippen molar-refractivity contribution in [3.63, 3.8) is 0 Å². The number of nitrogens with one attached hydrogen (secondary N) is 2. The normalized spacial score (nSPS) is 10.7. The van der Waals surface area contributed by atoms with Gasteiger partial charge in [0.15, 0.2) is 5.13 Å². The highest BCUT2D eigenvalue weighted by atomic mass is 35.5. The van der Waals surface area contributed by atoms with E-state index in [2.05, 4.69) is 15.6 Å². The van der Waals surface area contributed by atoms with Gasteiger partial charge >= 0.3 is 0 Å². The fraction of sp³-hybridized carbons (Fsp3) is 0.0800. The van der Waals surface area contributed by atoms with Crippen LogP contribution in [0.5, 0.6) is 0 Å². The molecule has 0 spiro atoms. The van der Waals surface area contributed by atoms with Crippen molar-refractivity contribution >= 4 is 68.9 Å². The number of rotatable bonds is 7. The van der Waals surface area contributed by atoms with Crippen molar-refractivity contribution in [2.75, 3.05) is 16.4 Å². The van der Waals surface area contributed by atoms with Gasteiger partial charge in [-0.1, -0.05) is 53.0 Å². The second kappa shape index (κ2) is 11.1. The number of amides is 2. The lowest BCUT2D eigenvalue weighted by Crippen LogP contribution is -2.14. The molecule has 34 heavy (non-hydrogen) atoms. The zero-order valence-corrected chi connectivity index (χ0v) is 21.1.